The van der Waals surface area contributed by atoms with E-state index in [1.165, 1.54) is 0 Å². The molecular formula is C21H21N3O4S. The van der Waals surface area contributed by atoms with E-state index >= 15 is 0 Å². The molecule has 1 N–H and O–H groups in total. The number of ether oxygens (including phenoxy) is 1. The maximum Gasteiger partial charge on any atom is 0.298 e. The molecule has 1 unspecified atom stereocenters. The quantitative estimate of drug-likeness (QED) is 0.567. The molecule has 1 aromatic heterocycles. The topological polar surface area (TPSA) is 84.7 Å². The number of carbonyl (C=O) groups is 2. The van der Waals surface area contributed by atoms with Crippen molar-refractivity contribution in [1.29, 1.82) is 0 Å². The van der Waals surface area contributed by atoms with Crippen molar-refractivity contribution in [1.82, 2.24) is 10.3 Å². The van der Waals surface area contributed by atoms with Crippen LogP contribution in [0, 0.1) is 0 Å². The molecule has 1 aliphatic heterocycles. The van der Waals surface area contributed by atoms with Gasteiger partial charge >= 0.3 is 0 Å². The van der Waals surface area contributed by atoms with Crippen molar-refractivity contribution >= 4 is 39.2 Å². The van der Waals surface area contributed by atoms with Crippen molar-refractivity contribution in [3.8, 4) is 5.75 Å². The minimum absolute atomic E-state index is 0.126. The van der Waals surface area contributed by atoms with Crippen molar-refractivity contribution in [3.63, 3.8) is 0 Å². The van der Waals surface area contributed by atoms with Crippen molar-refractivity contribution in [2.75, 3.05) is 25.1 Å². The van der Waals surface area contributed by atoms with Crippen LogP contribution < -0.4 is 15.0 Å². The monoisotopic (exact) mass is 411 g/mol. The van der Waals surface area contributed by atoms with E-state index in [0.29, 0.717) is 19.0 Å². The van der Waals surface area contributed by atoms with Crippen molar-refractivity contribution in [2.24, 2.45) is 0 Å². The van der Waals surface area contributed by atoms with Gasteiger partial charge in [-0.2, -0.15) is 4.98 Å². The van der Waals surface area contributed by atoms with Crippen LogP contribution in [0.5, 0.6) is 5.75 Å². The van der Waals surface area contributed by atoms with Crippen LogP contribution in [0.3, 0.4) is 0 Å². The lowest BCUT2D eigenvalue weighted by Crippen LogP contribution is -2.30. The first-order valence-electron chi connectivity index (χ1n) is 9.39. The summed E-state index contributed by atoms with van der Waals surface area (Å²) < 4.78 is 11.5. The summed E-state index contributed by atoms with van der Waals surface area (Å²) in [6.07, 6.45) is 1.31. The van der Waals surface area contributed by atoms with Crippen LogP contribution in [0.4, 0.5) is 10.8 Å². The maximum atomic E-state index is 11.7. The zero-order valence-electron chi connectivity index (χ0n) is 16.0. The summed E-state index contributed by atoms with van der Waals surface area (Å²) in [4.78, 5) is 29.4. The number of thioether (sulfide) groups is 1. The van der Waals surface area contributed by atoms with E-state index in [2.05, 4.69) is 10.3 Å². The lowest BCUT2D eigenvalue weighted by atomic mass is 10.1. The number of benzene rings is 2. The molecule has 0 aliphatic carbocycles. The van der Waals surface area contributed by atoms with Crippen LogP contribution in [0.2, 0.25) is 0 Å². The number of nitrogens with zero attached hydrogens (tertiary/aromatic N) is 2. The normalized spacial score (nSPS) is 16.2. The molecule has 0 radical (unpaired) electrons. The van der Waals surface area contributed by atoms with Crippen LogP contribution in [-0.4, -0.2) is 41.6 Å². The molecule has 2 heterocycles. The number of para-hydroxylation sites is 2. The van der Waals surface area contributed by atoms with Gasteiger partial charge in [-0.1, -0.05) is 24.3 Å². The highest BCUT2D eigenvalue weighted by Gasteiger charge is 2.31. The molecule has 1 atom stereocenters. The summed E-state index contributed by atoms with van der Waals surface area (Å²) in [6.45, 7) is 1.32. The van der Waals surface area contributed by atoms with E-state index in [1.807, 2.05) is 60.5 Å². The van der Waals surface area contributed by atoms with Crippen molar-refractivity contribution in [3.05, 3.63) is 54.1 Å². The predicted molar refractivity (Wildman–Crippen MR) is 112 cm³/mol. The van der Waals surface area contributed by atoms with Gasteiger partial charge in [0.05, 0.1) is 6.61 Å². The molecule has 0 saturated carbocycles. The highest BCUT2D eigenvalue weighted by molar-refractivity contribution is 8.26. The second kappa shape index (κ2) is 8.57. The van der Waals surface area contributed by atoms with Crippen molar-refractivity contribution in [2.45, 2.75) is 18.9 Å². The van der Waals surface area contributed by atoms with Crippen LogP contribution in [0.15, 0.2) is 52.9 Å². The lowest BCUT2D eigenvalue weighted by molar-refractivity contribution is -0.112. The van der Waals surface area contributed by atoms with Gasteiger partial charge in [0.1, 0.15) is 17.3 Å². The van der Waals surface area contributed by atoms with Gasteiger partial charge in [0.25, 0.3) is 11.3 Å². The number of anilines is 1. The fourth-order valence-electron chi connectivity index (χ4n) is 3.10. The molecule has 29 heavy (non-hydrogen) atoms. The van der Waals surface area contributed by atoms with E-state index < -0.39 is 6.04 Å². The van der Waals surface area contributed by atoms with E-state index in [1.54, 1.807) is 0 Å². The van der Waals surface area contributed by atoms with Crippen LogP contribution in [0.25, 0.3) is 11.1 Å². The molecule has 1 aliphatic rings. The van der Waals surface area contributed by atoms with Gasteiger partial charge in [-0.05, 0) is 36.2 Å². The second-order valence-corrected chi connectivity index (χ2v) is 7.82. The second-order valence-electron chi connectivity index (χ2n) is 6.84. The van der Waals surface area contributed by atoms with Gasteiger partial charge in [0.2, 0.25) is 5.12 Å². The van der Waals surface area contributed by atoms with Crippen LogP contribution in [0.1, 0.15) is 12.0 Å². The van der Waals surface area contributed by atoms with Gasteiger partial charge in [-0.15, -0.1) is 0 Å². The molecule has 1 saturated heterocycles. The molecule has 2 aromatic carbocycles. The highest BCUT2D eigenvalue weighted by Crippen LogP contribution is 2.22. The summed E-state index contributed by atoms with van der Waals surface area (Å²) in [7, 11) is 1.95. The Morgan fingerprint density at radius 2 is 1.97 bits per heavy atom. The first-order chi connectivity index (χ1) is 14.1. The zero-order valence-corrected chi connectivity index (χ0v) is 16.8. The Kier molecular flexibility index (Phi) is 5.71. The number of fused-ring (bicyclic) bond motifs is 1. The zero-order chi connectivity index (χ0) is 20.2. The first-order valence-corrected chi connectivity index (χ1v) is 10.2. The maximum absolute atomic E-state index is 11.7. The number of hydrogen-bond acceptors (Lipinski definition) is 7. The lowest BCUT2D eigenvalue weighted by Gasteiger charge is -2.14. The first kappa shape index (κ1) is 19.3. The molecule has 0 bridgehead atoms. The molecule has 7 nitrogen and oxygen atoms in total. The minimum Gasteiger partial charge on any atom is -0.494 e. The molecule has 0 spiro atoms. The molecule has 8 heteroatoms. The van der Waals surface area contributed by atoms with Gasteiger partial charge in [-0.25, -0.2) is 0 Å². The number of oxazole rings is 1. The van der Waals surface area contributed by atoms with Gasteiger partial charge in [-0.3, -0.25) is 9.59 Å². The van der Waals surface area contributed by atoms with E-state index in [-0.39, 0.29) is 10.4 Å². The average molecular weight is 411 g/mol. The van der Waals surface area contributed by atoms with Gasteiger partial charge in [0.15, 0.2) is 5.58 Å². The third-order valence-electron chi connectivity index (χ3n) is 4.65. The third-order valence-corrected chi connectivity index (χ3v) is 5.44. The Balaban J connectivity index is 1.22. The number of nitrogens with one attached hydrogen (secondary N) is 1. The summed E-state index contributed by atoms with van der Waals surface area (Å²) in [5.41, 5.74) is 2.61. The molecule has 1 amide bonds. The number of rotatable bonds is 8. The summed E-state index contributed by atoms with van der Waals surface area (Å²) in [5, 5.41) is 2.27. The Morgan fingerprint density at radius 3 is 2.69 bits per heavy atom. The number of aromatic nitrogens is 1. The van der Waals surface area contributed by atoms with Crippen LogP contribution in [-0.2, 0) is 11.2 Å². The number of hydrogen-bond donors (Lipinski definition) is 1. The number of amides is 1. The van der Waals surface area contributed by atoms with Crippen molar-refractivity contribution < 1.29 is 18.7 Å². The molecule has 150 valence electrons. The molecular weight excluding hydrogens is 390 g/mol. The summed E-state index contributed by atoms with van der Waals surface area (Å²) >= 11 is 0.737. The standard InChI is InChI=1S/C21H21N3O4S/c1-24(20-22-16-5-2-3-6-18(16)28-20)11-4-12-27-15-9-7-14(8-10-15)13-17-19(25)29-21(26)23-17/h2-3,5-10,17H,4,11-13H2,1H3,(H,23,26). The average Bonchev–Trinajstić information content (AvgIpc) is 3.29. The fraction of sp³-hybridized carbons (Fsp3) is 0.286. The van der Waals surface area contributed by atoms with Gasteiger partial charge in [0, 0.05) is 31.8 Å². The fourth-order valence-corrected chi connectivity index (χ4v) is 3.76. The predicted octanol–water partition coefficient (Wildman–Crippen LogP) is 3.63. The van der Waals surface area contributed by atoms with E-state index in [4.69, 9.17) is 9.15 Å². The van der Waals surface area contributed by atoms with E-state index in [0.717, 1.165) is 47.1 Å². The highest BCUT2D eigenvalue weighted by atomic mass is 32.2. The Bertz CT molecular complexity index is 985. The largest absolute Gasteiger partial charge is 0.494 e. The van der Waals surface area contributed by atoms with Gasteiger partial charge < -0.3 is 19.4 Å². The summed E-state index contributed by atoms with van der Waals surface area (Å²) in [5.74, 6) is 0.773. The van der Waals surface area contributed by atoms with Crippen LogP contribution >= 0.6 is 11.8 Å². The SMILES string of the molecule is CN(CCCOc1ccc(CC2NC(=O)SC2=O)cc1)c1nc2ccccc2o1. The Labute approximate surface area is 172 Å². The number of carbonyl (C=O) groups excluding carboxylic acids is 2. The molecule has 3 aromatic rings. The molecule has 1 fully saturated rings. The smallest absolute Gasteiger partial charge is 0.298 e. The Morgan fingerprint density at radius 1 is 1.17 bits per heavy atom. The molecule has 4 rings (SSSR count). The minimum atomic E-state index is -0.443. The Hall–Kier alpha value is -3.00. The third kappa shape index (κ3) is 4.71. The summed E-state index contributed by atoms with van der Waals surface area (Å²) in [6, 6.07) is 15.5. The van der Waals surface area contributed by atoms with E-state index in [9.17, 15) is 9.59 Å².